The molecule has 1 heterocycles. The average Bonchev–Trinajstić information content (AvgIpc) is 3.08. The fourth-order valence-corrected chi connectivity index (χ4v) is 3.95. The van der Waals surface area contributed by atoms with Crippen LogP contribution in [-0.4, -0.2) is 26.0 Å². The lowest BCUT2D eigenvalue weighted by atomic mass is 10.2. The Balaban J connectivity index is 1.84. The Kier molecular flexibility index (Phi) is 7.10. The minimum Gasteiger partial charge on any atom is -0.397 e. The standard InChI is InChI=1S/C22H24ClN5OS/c1-14-21(11-22(30-14)16-4-6-17(23)7-5-16)27-13-28(15(2)29)18-8-9-20(19(24)10-18)26-12-25-3/h4-11,13,25-26H,12,24H2,1-3H3. The first-order valence-corrected chi connectivity index (χ1v) is 10.6. The first-order chi connectivity index (χ1) is 14.4. The summed E-state index contributed by atoms with van der Waals surface area (Å²) in [5, 5.41) is 6.87. The minimum absolute atomic E-state index is 0.153. The quantitative estimate of drug-likeness (QED) is 0.202. The highest BCUT2D eigenvalue weighted by molar-refractivity contribution is 7.16. The molecule has 1 aromatic heterocycles. The zero-order valence-electron chi connectivity index (χ0n) is 17.1. The van der Waals surface area contributed by atoms with E-state index in [0.717, 1.165) is 26.7 Å². The topological polar surface area (TPSA) is 82.8 Å². The van der Waals surface area contributed by atoms with Crippen molar-refractivity contribution in [3.63, 3.8) is 0 Å². The summed E-state index contributed by atoms with van der Waals surface area (Å²) in [6.45, 7) is 4.10. The van der Waals surface area contributed by atoms with Gasteiger partial charge in [0.05, 0.1) is 29.4 Å². The molecule has 156 valence electrons. The van der Waals surface area contributed by atoms with Gasteiger partial charge in [0.1, 0.15) is 6.34 Å². The summed E-state index contributed by atoms with van der Waals surface area (Å²) >= 11 is 7.63. The molecular weight excluding hydrogens is 418 g/mol. The van der Waals surface area contributed by atoms with Gasteiger partial charge in [0, 0.05) is 21.7 Å². The van der Waals surface area contributed by atoms with Gasteiger partial charge >= 0.3 is 0 Å². The number of thiophene rings is 1. The molecule has 0 fully saturated rings. The van der Waals surface area contributed by atoms with E-state index >= 15 is 0 Å². The summed E-state index contributed by atoms with van der Waals surface area (Å²) in [5.74, 6) is -0.153. The number of hydrogen-bond acceptors (Lipinski definition) is 6. The zero-order chi connectivity index (χ0) is 21.7. The second kappa shape index (κ2) is 9.75. The molecule has 4 N–H and O–H groups in total. The van der Waals surface area contributed by atoms with Gasteiger partial charge in [-0.05, 0) is 55.9 Å². The zero-order valence-corrected chi connectivity index (χ0v) is 18.6. The fraction of sp³-hybridized carbons (Fsp3) is 0.182. The molecule has 0 aliphatic heterocycles. The summed E-state index contributed by atoms with van der Waals surface area (Å²) in [6, 6.07) is 15.1. The summed E-state index contributed by atoms with van der Waals surface area (Å²) in [5.41, 5.74) is 10.0. The van der Waals surface area contributed by atoms with Crippen molar-refractivity contribution < 1.29 is 4.79 Å². The van der Waals surface area contributed by atoms with Crippen molar-refractivity contribution in [1.82, 2.24) is 5.32 Å². The Labute approximate surface area is 185 Å². The van der Waals surface area contributed by atoms with Crippen LogP contribution in [0.25, 0.3) is 10.4 Å². The summed E-state index contributed by atoms with van der Waals surface area (Å²) in [7, 11) is 1.84. The van der Waals surface area contributed by atoms with Crippen molar-refractivity contribution in [2.45, 2.75) is 13.8 Å². The van der Waals surface area contributed by atoms with E-state index < -0.39 is 0 Å². The first-order valence-electron chi connectivity index (χ1n) is 9.37. The second-order valence-electron chi connectivity index (χ2n) is 6.67. The number of amides is 1. The molecule has 0 saturated heterocycles. The Bertz CT molecular complexity index is 1060. The number of nitrogens with zero attached hydrogens (tertiary/aromatic N) is 2. The Hall–Kier alpha value is -2.87. The normalized spacial score (nSPS) is 11.1. The number of nitrogen functional groups attached to an aromatic ring is 1. The number of hydrogen-bond donors (Lipinski definition) is 3. The van der Waals surface area contributed by atoms with E-state index in [2.05, 4.69) is 15.6 Å². The molecule has 2 aromatic carbocycles. The predicted octanol–water partition coefficient (Wildman–Crippen LogP) is 5.26. The number of nitrogens with one attached hydrogen (secondary N) is 2. The van der Waals surface area contributed by atoms with Crippen LogP contribution in [0.1, 0.15) is 11.8 Å². The molecular formula is C22H24ClN5OS. The maximum Gasteiger partial charge on any atom is 0.229 e. The van der Waals surface area contributed by atoms with Crippen LogP contribution in [0.3, 0.4) is 0 Å². The number of nitrogens with two attached hydrogens (primary N) is 1. The molecule has 0 unspecified atom stereocenters. The van der Waals surface area contributed by atoms with Gasteiger partial charge in [-0.25, -0.2) is 4.99 Å². The summed E-state index contributed by atoms with van der Waals surface area (Å²) < 4.78 is 0. The van der Waals surface area contributed by atoms with Crippen LogP contribution in [0, 0.1) is 6.92 Å². The van der Waals surface area contributed by atoms with Gasteiger partial charge in [0.15, 0.2) is 0 Å². The van der Waals surface area contributed by atoms with Crippen LogP contribution in [0.2, 0.25) is 5.02 Å². The maximum absolute atomic E-state index is 12.2. The Morgan fingerprint density at radius 3 is 2.60 bits per heavy atom. The molecule has 0 atom stereocenters. The number of halogens is 1. The van der Waals surface area contributed by atoms with Crippen LogP contribution in [0.4, 0.5) is 22.7 Å². The highest BCUT2D eigenvalue weighted by Crippen LogP contribution is 2.36. The second-order valence-corrected chi connectivity index (χ2v) is 8.36. The number of rotatable bonds is 7. The van der Waals surface area contributed by atoms with Gasteiger partial charge in [-0.3, -0.25) is 9.69 Å². The SMILES string of the molecule is CNCNc1ccc(N(C=Nc2cc(-c3ccc(Cl)cc3)sc2C)C(C)=O)cc1N. The predicted molar refractivity (Wildman–Crippen MR) is 129 cm³/mol. The fourth-order valence-electron chi connectivity index (χ4n) is 2.85. The van der Waals surface area contributed by atoms with Crippen molar-refractivity contribution in [2.24, 2.45) is 4.99 Å². The molecule has 8 heteroatoms. The van der Waals surface area contributed by atoms with Crippen molar-refractivity contribution in [3.8, 4) is 10.4 Å². The lowest BCUT2D eigenvalue weighted by Gasteiger charge is -2.17. The Morgan fingerprint density at radius 1 is 1.23 bits per heavy atom. The van der Waals surface area contributed by atoms with E-state index in [0.29, 0.717) is 23.1 Å². The van der Waals surface area contributed by atoms with Crippen LogP contribution in [0.15, 0.2) is 53.5 Å². The molecule has 0 saturated carbocycles. The molecule has 0 aliphatic carbocycles. The number of carbonyl (C=O) groups is 1. The number of aliphatic imine (C=N–C) groups is 1. The van der Waals surface area contributed by atoms with E-state index in [1.807, 2.05) is 56.4 Å². The molecule has 0 aliphatic rings. The van der Waals surface area contributed by atoms with Crippen LogP contribution < -0.4 is 21.3 Å². The van der Waals surface area contributed by atoms with Gasteiger partial charge in [-0.15, -0.1) is 11.3 Å². The molecule has 6 nitrogen and oxygen atoms in total. The monoisotopic (exact) mass is 441 g/mol. The van der Waals surface area contributed by atoms with E-state index in [1.165, 1.54) is 11.8 Å². The molecule has 3 aromatic rings. The summed E-state index contributed by atoms with van der Waals surface area (Å²) in [4.78, 5) is 20.4. The molecule has 3 rings (SSSR count). The number of aryl methyl sites for hydroxylation is 1. The van der Waals surface area contributed by atoms with Gasteiger partial charge in [-0.2, -0.15) is 0 Å². The van der Waals surface area contributed by atoms with Crippen LogP contribution >= 0.6 is 22.9 Å². The first kappa shape index (κ1) is 21.8. The highest BCUT2D eigenvalue weighted by Gasteiger charge is 2.12. The third-order valence-electron chi connectivity index (χ3n) is 4.44. The third kappa shape index (κ3) is 5.18. The van der Waals surface area contributed by atoms with E-state index in [4.69, 9.17) is 17.3 Å². The largest absolute Gasteiger partial charge is 0.397 e. The molecule has 30 heavy (non-hydrogen) atoms. The molecule has 0 bridgehead atoms. The van der Waals surface area contributed by atoms with Crippen molar-refractivity contribution in [2.75, 3.05) is 29.7 Å². The minimum atomic E-state index is -0.153. The van der Waals surface area contributed by atoms with Crippen molar-refractivity contribution in [1.29, 1.82) is 0 Å². The lowest BCUT2D eigenvalue weighted by molar-refractivity contribution is -0.115. The van der Waals surface area contributed by atoms with Crippen LogP contribution in [0.5, 0.6) is 0 Å². The van der Waals surface area contributed by atoms with Crippen molar-refractivity contribution >= 4 is 57.9 Å². The van der Waals surface area contributed by atoms with E-state index in [1.54, 1.807) is 23.7 Å². The summed E-state index contributed by atoms with van der Waals surface area (Å²) in [6.07, 6.45) is 1.54. The number of anilines is 3. The molecule has 0 radical (unpaired) electrons. The molecule has 1 amide bonds. The number of carbonyl (C=O) groups excluding carboxylic acids is 1. The average molecular weight is 442 g/mol. The smallest absolute Gasteiger partial charge is 0.229 e. The van der Waals surface area contributed by atoms with Gasteiger partial charge in [-0.1, -0.05) is 23.7 Å². The van der Waals surface area contributed by atoms with Crippen molar-refractivity contribution in [3.05, 3.63) is 58.4 Å². The van der Waals surface area contributed by atoms with E-state index in [9.17, 15) is 4.79 Å². The van der Waals surface area contributed by atoms with Crippen LogP contribution in [-0.2, 0) is 4.79 Å². The van der Waals surface area contributed by atoms with E-state index in [-0.39, 0.29) is 5.91 Å². The Morgan fingerprint density at radius 2 is 1.97 bits per heavy atom. The van der Waals surface area contributed by atoms with Gasteiger partial charge in [0.2, 0.25) is 5.91 Å². The lowest BCUT2D eigenvalue weighted by Crippen LogP contribution is -2.26. The molecule has 0 spiro atoms. The van der Waals surface area contributed by atoms with Gasteiger partial charge in [0.25, 0.3) is 0 Å². The third-order valence-corrected chi connectivity index (χ3v) is 5.78. The number of benzene rings is 2. The highest BCUT2D eigenvalue weighted by atomic mass is 35.5. The van der Waals surface area contributed by atoms with Gasteiger partial charge < -0.3 is 16.4 Å². The maximum atomic E-state index is 12.2.